The van der Waals surface area contributed by atoms with E-state index in [1.807, 2.05) is 58.3 Å². The molecule has 66 heavy (non-hydrogen) atoms. The summed E-state index contributed by atoms with van der Waals surface area (Å²) in [4.78, 5) is 34.3. The topological polar surface area (TPSA) is 140 Å². The van der Waals surface area contributed by atoms with E-state index in [0.29, 0.717) is 41.8 Å². The largest absolute Gasteiger partial charge is 0.506 e. The predicted molar refractivity (Wildman–Crippen MR) is 270 cm³/mol. The Bertz CT molecular complexity index is 2170. The van der Waals surface area contributed by atoms with Crippen LogP contribution in [0.5, 0.6) is 23.0 Å². The van der Waals surface area contributed by atoms with Crippen LogP contribution in [0.4, 0.5) is 0 Å². The van der Waals surface area contributed by atoms with Gasteiger partial charge in [-0.3, -0.25) is 19.4 Å². The molecule has 2 atom stereocenters. The normalized spacial score (nSPS) is 20.0. The number of carbonyl (C=O) groups is 2. The zero-order chi connectivity index (χ0) is 48.8. The second kappa shape index (κ2) is 19.7. The maximum Gasteiger partial charge on any atom is 0.323 e. The maximum atomic E-state index is 14.1. The number of esters is 2. The first-order valence-corrected chi connectivity index (χ1v) is 26.4. The van der Waals surface area contributed by atoms with Gasteiger partial charge >= 0.3 is 11.9 Å². The van der Waals surface area contributed by atoms with E-state index >= 15 is 0 Å². The van der Waals surface area contributed by atoms with Crippen LogP contribution in [-0.2, 0) is 66.9 Å². The molecule has 2 unspecified atom stereocenters. The zero-order valence-electron chi connectivity index (χ0n) is 41.0. The summed E-state index contributed by atoms with van der Waals surface area (Å²) in [5, 5.41) is 49.7. The number of nitrogens with zero attached hydrogens (tertiary/aromatic N) is 2. The summed E-state index contributed by atoms with van der Waals surface area (Å²) in [7, 11) is 5.55. The molecule has 2 aliphatic rings. The van der Waals surface area contributed by atoms with Gasteiger partial charge in [0.1, 0.15) is 35.1 Å². The van der Waals surface area contributed by atoms with E-state index in [-0.39, 0.29) is 82.3 Å². The lowest BCUT2D eigenvalue weighted by molar-refractivity contribution is -0.147. The first kappa shape index (κ1) is 51.7. The molecule has 14 heteroatoms. The molecule has 0 saturated carbocycles. The second-order valence-corrected chi connectivity index (χ2v) is 26.3. The molecular formula is C52H68N2O8S4. The number of phenols is 4. The Labute approximate surface area is 408 Å². The molecule has 0 amide bonds. The fourth-order valence-electron chi connectivity index (χ4n) is 7.99. The molecule has 2 heterocycles. The molecule has 4 aromatic carbocycles. The van der Waals surface area contributed by atoms with E-state index in [4.69, 9.17) is 9.47 Å². The van der Waals surface area contributed by atoms with Crippen molar-refractivity contribution in [1.82, 2.24) is 9.80 Å². The lowest BCUT2D eigenvalue weighted by Crippen LogP contribution is -2.43. The van der Waals surface area contributed by atoms with Crippen LogP contribution in [-0.4, -0.2) is 80.0 Å². The molecule has 358 valence electrons. The number of phenolic OH excluding ortho intramolecular Hbond substituents is 4. The summed E-state index contributed by atoms with van der Waals surface area (Å²) >= 11 is 2.53. The highest BCUT2D eigenvalue weighted by Crippen LogP contribution is 2.49. The van der Waals surface area contributed by atoms with Gasteiger partial charge in [0.05, 0.1) is 33.8 Å². The van der Waals surface area contributed by atoms with Gasteiger partial charge in [0.25, 0.3) is 0 Å². The number of ether oxygens (including phenoxy) is 2. The zero-order valence-corrected chi connectivity index (χ0v) is 44.2. The average molecular weight is 977 g/mol. The molecule has 0 radical (unpaired) electrons. The molecule has 4 aromatic rings. The van der Waals surface area contributed by atoms with Gasteiger partial charge in [-0.15, -0.1) is 0 Å². The summed E-state index contributed by atoms with van der Waals surface area (Å²) in [6.45, 7) is 25.6. The second-order valence-electron chi connectivity index (χ2n) is 21.6. The van der Waals surface area contributed by atoms with Gasteiger partial charge in [-0.25, -0.2) is 0 Å². The minimum atomic E-state index is -0.865. The van der Waals surface area contributed by atoms with Crippen molar-refractivity contribution in [2.75, 3.05) is 25.7 Å². The average Bonchev–Trinajstić information content (AvgIpc) is 3.21. The molecule has 0 spiro atoms. The lowest BCUT2D eigenvalue weighted by atomic mass is 9.85. The van der Waals surface area contributed by atoms with Crippen LogP contribution in [0.15, 0.2) is 68.1 Å². The first-order valence-electron chi connectivity index (χ1n) is 22.3. The van der Waals surface area contributed by atoms with Crippen molar-refractivity contribution in [2.45, 2.75) is 163 Å². The van der Waals surface area contributed by atoms with Crippen molar-refractivity contribution in [1.29, 1.82) is 0 Å². The summed E-state index contributed by atoms with van der Waals surface area (Å²) in [6.07, 6.45) is 0. The van der Waals surface area contributed by atoms with E-state index in [9.17, 15) is 30.0 Å². The summed E-state index contributed by atoms with van der Waals surface area (Å²) in [5.41, 5.74) is 4.64. The molecule has 2 aliphatic heterocycles. The van der Waals surface area contributed by atoms with E-state index in [0.717, 1.165) is 22.3 Å². The Balaban J connectivity index is 1.77. The number of benzene rings is 4. The van der Waals surface area contributed by atoms with Crippen molar-refractivity contribution in [3.05, 3.63) is 93.0 Å². The van der Waals surface area contributed by atoms with Crippen molar-refractivity contribution >= 4 is 57.1 Å². The van der Waals surface area contributed by atoms with E-state index in [1.165, 1.54) is 59.3 Å². The van der Waals surface area contributed by atoms with Crippen LogP contribution >= 0.6 is 45.1 Å². The van der Waals surface area contributed by atoms with Gasteiger partial charge in [-0.05, 0) is 68.2 Å². The quantitative estimate of drug-likeness (QED) is 0.112. The highest BCUT2D eigenvalue weighted by Gasteiger charge is 2.35. The Morgan fingerprint density at radius 3 is 0.879 bits per heavy atom. The Morgan fingerprint density at radius 2 is 0.682 bits per heavy atom. The summed E-state index contributed by atoms with van der Waals surface area (Å²) in [6, 6.07) is 14.0. The molecule has 10 bridgehead atoms. The highest BCUT2D eigenvalue weighted by atomic mass is 33.1. The fourth-order valence-corrected chi connectivity index (χ4v) is 12.6. The summed E-state index contributed by atoms with van der Waals surface area (Å²) < 4.78 is 11.0. The number of hydrogen-bond donors (Lipinski definition) is 4. The van der Waals surface area contributed by atoms with E-state index in [2.05, 4.69) is 83.1 Å². The highest BCUT2D eigenvalue weighted by molar-refractivity contribution is 8.76. The van der Waals surface area contributed by atoms with Crippen molar-refractivity contribution in [3.63, 3.8) is 0 Å². The molecule has 0 aromatic heterocycles. The minimum absolute atomic E-state index is 0.0179. The van der Waals surface area contributed by atoms with Crippen molar-refractivity contribution in [3.8, 4) is 23.0 Å². The van der Waals surface area contributed by atoms with Crippen LogP contribution in [0.25, 0.3) is 0 Å². The van der Waals surface area contributed by atoms with Gasteiger partial charge in [-0.2, -0.15) is 0 Å². The van der Waals surface area contributed by atoms with Crippen LogP contribution in [0, 0.1) is 0 Å². The fraction of sp³-hybridized carbons (Fsp3) is 0.500. The minimum Gasteiger partial charge on any atom is -0.506 e. The van der Waals surface area contributed by atoms with Crippen LogP contribution in [0.3, 0.4) is 0 Å². The van der Waals surface area contributed by atoms with Gasteiger partial charge < -0.3 is 29.9 Å². The third-order valence-electron chi connectivity index (χ3n) is 12.4. The molecule has 6 rings (SSSR count). The molecule has 10 nitrogen and oxygen atoms in total. The van der Waals surface area contributed by atoms with Gasteiger partial charge in [0, 0.05) is 59.9 Å². The molecular weight excluding hydrogens is 909 g/mol. The SMILES string of the molecule is COC(=O)C1CSSCC(C(=O)OC)N2Cc3cc(C(C)(C)C)cc(c3O)Sc3cc(C(C)(C)C)cc(c3O)CN1Cc1cc(C(C)(C)C)cc(c1O)Sc1cc(C(C)(C)C)cc(c1O)C2. The summed E-state index contributed by atoms with van der Waals surface area (Å²) in [5.74, 6) is -0.429. The molecule has 0 aliphatic carbocycles. The molecule has 0 saturated heterocycles. The standard InChI is InChI=1S/C52H68N2O8S4/c1-49(2,3)33-15-29-23-53-24-30-16-35(51(7,8)9)21-41(45(30)57)66-42-22-36(52(10,11)12)18-32(46(42)58)26-54(38(48(60)62-14)28-64-63-27-37(53)47(59)61-13)25-31-17-34(50(4,5)6)20-40(44(31)56)65-39(19-33)43(29)55/h15-22,37-38,55-58H,23-28H2,1-14H3. The monoisotopic (exact) mass is 976 g/mol. The first-order chi connectivity index (χ1) is 30.6. The number of aromatic hydroxyl groups is 4. The number of rotatable bonds is 2. The predicted octanol–water partition coefficient (Wildman–Crippen LogP) is 11.8. The number of hydrogen-bond acceptors (Lipinski definition) is 14. The van der Waals surface area contributed by atoms with Gasteiger partial charge in [-0.1, -0.05) is 152 Å². The van der Waals surface area contributed by atoms with Crippen LogP contribution < -0.4 is 0 Å². The maximum absolute atomic E-state index is 14.1. The van der Waals surface area contributed by atoms with Gasteiger partial charge in [0.2, 0.25) is 0 Å². The Morgan fingerprint density at radius 1 is 0.455 bits per heavy atom. The lowest BCUT2D eigenvalue weighted by Gasteiger charge is -2.32. The molecule has 0 fully saturated rings. The Kier molecular flexibility index (Phi) is 15.5. The number of fused-ring (bicyclic) bond motifs is 15. The molecule has 4 N–H and O–H groups in total. The van der Waals surface area contributed by atoms with E-state index in [1.54, 1.807) is 0 Å². The number of methoxy groups -OCH3 is 2. The third kappa shape index (κ3) is 11.6. The van der Waals surface area contributed by atoms with Crippen LogP contribution in [0.2, 0.25) is 0 Å². The van der Waals surface area contributed by atoms with Crippen molar-refractivity contribution < 1.29 is 39.5 Å². The van der Waals surface area contributed by atoms with Crippen molar-refractivity contribution in [2.24, 2.45) is 0 Å². The smallest absolute Gasteiger partial charge is 0.323 e. The van der Waals surface area contributed by atoms with Gasteiger partial charge in [0.15, 0.2) is 0 Å². The van der Waals surface area contributed by atoms with Crippen LogP contribution in [0.1, 0.15) is 128 Å². The number of carbonyl (C=O) groups excluding carboxylic acids is 2. The Hall–Kier alpha value is -3.66. The van der Waals surface area contributed by atoms with E-state index < -0.39 is 24.0 Å². The third-order valence-corrected chi connectivity index (χ3v) is 16.9.